The fraction of sp³-hybridized carbons (Fsp3) is 0.154. The van der Waals surface area contributed by atoms with Crippen LogP contribution in [-0.2, 0) is 12.7 Å². The van der Waals surface area contributed by atoms with Gasteiger partial charge in [-0.15, -0.1) is 11.3 Å². The summed E-state index contributed by atoms with van der Waals surface area (Å²) < 4.78 is 40.6. The molecule has 126 valence electrons. The average molecular weight is 414 g/mol. The molecule has 0 aliphatic heterocycles. The lowest BCUT2D eigenvalue weighted by Crippen LogP contribution is -2.06. The Morgan fingerprint density at radius 2 is 1.79 bits per heavy atom. The highest BCUT2D eigenvalue weighted by Gasteiger charge is 2.35. The Labute approximate surface area is 152 Å². The summed E-state index contributed by atoms with van der Waals surface area (Å²) in [5.74, 6) is 0.375. The SMILES string of the molecule is FC(F)(F)c1cn(Cc2ncc(Cl)cn2)c(-c2cc(Cl)c(Cl)s2)n1. The van der Waals surface area contributed by atoms with Crippen molar-refractivity contribution in [1.29, 1.82) is 0 Å². The number of nitrogens with zero attached hydrogens (tertiary/aromatic N) is 4. The van der Waals surface area contributed by atoms with Gasteiger partial charge in [0.1, 0.15) is 10.2 Å². The maximum Gasteiger partial charge on any atom is 0.434 e. The Hall–Kier alpha value is -1.35. The molecule has 0 spiro atoms. The van der Waals surface area contributed by atoms with Crippen molar-refractivity contribution >= 4 is 46.1 Å². The van der Waals surface area contributed by atoms with Crippen LogP contribution < -0.4 is 0 Å². The third kappa shape index (κ3) is 3.66. The van der Waals surface area contributed by atoms with E-state index in [1.165, 1.54) is 23.0 Å². The Kier molecular flexibility index (Phi) is 4.74. The highest BCUT2D eigenvalue weighted by Crippen LogP contribution is 2.39. The van der Waals surface area contributed by atoms with Crippen LogP contribution in [0.1, 0.15) is 11.5 Å². The second kappa shape index (κ2) is 6.51. The summed E-state index contributed by atoms with van der Waals surface area (Å²) in [6, 6.07) is 1.47. The van der Waals surface area contributed by atoms with Crippen LogP contribution in [0.2, 0.25) is 14.4 Å². The average Bonchev–Trinajstić information content (AvgIpc) is 3.05. The second-order valence-corrected chi connectivity index (χ2v) is 7.12. The monoisotopic (exact) mass is 412 g/mol. The number of rotatable bonds is 3. The normalized spacial score (nSPS) is 11.9. The molecule has 0 saturated heterocycles. The van der Waals surface area contributed by atoms with E-state index >= 15 is 0 Å². The zero-order chi connectivity index (χ0) is 17.5. The van der Waals surface area contributed by atoms with Gasteiger partial charge in [0.25, 0.3) is 0 Å². The highest BCUT2D eigenvalue weighted by atomic mass is 35.5. The maximum atomic E-state index is 13.0. The number of thiophene rings is 1. The summed E-state index contributed by atoms with van der Waals surface area (Å²) in [7, 11) is 0. The molecule has 0 unspecified atom stereocenters. The lowest BCUT2D eigenvalue weighted by Gasteiger charge is -2.05. The number of imidazole rings is 1. The van der Waals surface area contributed by atoms with Crippen molar-refractivity contribution in [3.8, 4) is 10.7 Å². The van der Waals surface area contributed by atoms with Crippen LogP contribution in [0.15, 0.2) is 24.7 Å². The van der Waals surface area contributed by atoms with Gasteiger partial charge < -0.3 is 4.57 Å². The van der Waals surface area contributed by atoms with Crippen molar-refractivity contribution in [2.24, 2.45) is 0 Å². The van der Waals surface area contributed by atoms with Gasteiger partial charge in [0.15, 0.2) is 11.5 Å². The molecule has 3 aromatic rings. The summed E-state index contributed by atoms with van der Waals surface area (Å²) in [6.45, 7) is -0.0112. The van der Waals surface area contributed by atoms with Crippen molar-refractivity contribution in [3.05, 3.63) is 50.6 Å². The van der Waals surface area contributed by atoms with Gasteiger partial charge in [0, 0.05) is 18.6 Å². The van der Waals surface area contributed by atoms with Gasteiger partial charge in [0.05, 0.1) is 21.5 Å². The largest absolute Gasteiger partial charge is 0.434 e. The number of aromatic nitrogens is 4. The molecule has 0 aromatic carbocycles. The molecular formula is C13H6Cl3F3N4S. The number of halogens is 6. The van der Waals surface area contributed by atoms with Gasteiger partial charge in [-0.3, -0.25) is 0 Å². The molecule has 0 aliphatic rings. The highest BCUT2D eigenvalue weighted by molar-refractivity contribution is 7.20. The van der Waals surface area contributed by atoms with E-state index in [0.29, 0.717) is 15.7 Å². The Bertz CT molecular complexity index is 854. The van der Waals surface area contributed by atoms with Gasteiger partial charge >= 0.3 is 6.18 Å². The molecule has 0 atom stereocenters. The Balaban J connectivity index is 2.05. The van der Waals surface area contributed by atoms with Crippen LogP contribution in [0, 0.1) is 0 Å². The van der Waals surface area contributed by atoms with Crippen molar-refractivity contribution in [1.82, 2.24) is 19.5 Å². The van der Waals surface area contributed by atoms with Gasteiger partial charge in [0.2, 0.25) is 0 Å². The molecule has 0 saturated carbocycles. The first-order valence-electron chi connectivity index (χ1n) is 6.30. The van der Waals surface area contributed by atoms with Crippen LogP contribution >= 0.6 is 46.1 Å². The second-order valence-electron chi connectivity index (χ2n) is 4.63. The summed E-state index contributed by atoms with van der Waals surface area (Å²) >= 11 is 18.5. The molecule has 3 heterocycles. The number of alkyl halides is 3. The predicted molar refractivity (Wildman–Crippen MR) is 86.7 cm³/mol. The van der Waals surface area contributed by atoms with E-state index in [0.717, 1.165) is 17.5 Å². The molecule has 11 heteroatoms. The van der Waals surface area contributed by atoms with Crippen LogP contribution in [0.3, 0.4) is 0 Å². The molecule has 3 rings (SSSR count). The van der Waals surface area contributed by atoms with Crippen LogP contribution in [0.4, 0.5) is 13.2 Å². The predicted octanol–water partition coefficient (Wildman–Crippen LogP) is 5.43. The molecule has 24 heavy (non-hydrogen) atoms. The van der Waals surface area contributed by atoms with Crippen molar-refractivity contribution in [2.45, 2.75) is 12.7 Å². The Morgan fingerprint density at radius 3 is 2.33 bits per heavy atom. The Morgan fingerprint density at radius 1 is 1.12 bits per heavy atom. The quantitative estimate of drug-likeness (QED) is 0.575. The van der Waals surface area contributed by atoms with E-state index in [4.69, 9.17) is 34.8 Å². The molecule has 0 aliphatic carbocycles. The van der Waals surface area contributed by atoms with E-state index in [2.05, 4.69) is 15.0 Å². The summed E-state index contributed by atoms with van der Waals surface area (Å²) in [5.41, 5.74) is -1.02. The number of hydrogen-bond acceptors (Lipinski definition) is 4. The third-order valence-electron chi connectivity index (χ3n) is 2.92. The van der Waals surface area contributed by atoms with Gasteiger partial charge in [-0.25, -0.2) is 15.0 Å². The summed E-state index contributed by atoms with van der Waals surface area (Å²) in [5, 5.41) is 0.583. The fourth-order valence-corrected chi connectivity index (χ4v) is 3.37. The minimum Gasteiger partial charge on any atom is -0.322 e. The molecule has 0 radical (unpaired) electrons. The van der Waals surface area contributed by atoms with Gasteiger partial charge in [-0.1, -0.05) is 34.8 Å². The van der Waals surface area contributed by atoms with E-state index in [1.807, 2.05) is 0 Å². The lowest BCUT2D eigenvalue weighted by atomic mass is 10.4. The van der Waals surface area contributed by atoms with Crippen LogP contribution in [-0.4, -0.2) is 19.5 Å². The van der Waals surface area contributed by atoms with Crippen LogP contribution in [0.25, 0.3) is 10.7 Å². The smallest absolute Gasteiger partial charge is 0.322 e. The van der Waals surface area contributed by atoms with E-state index in [1.54, 1.807) is 0 Å². The minimum atomic E-state index is -4.58. The number of hydrogen-bond donors (Lipinski definition) is 0. The first-order valence-corrected chi connectivity index (χ1v) is 8.25. The standard InChI is InChI=1S/C13H6Cl3F3N4S/c14-6-2-20-10(21-3-6)5-23-4-9(13(17,18)19)22-12(23)8-1-7(15)11(16)24-8/h1-4H,5H2. The zero-order valence-electron chi connectivity index (χ0n) is 11.5. The van der Waals surface area contributed by atoms with Crippen molar-refractivity contribution in [2.75, 3.05) is 0 Å². The first-order chi connectivity index (χ1) is 11.2. The maximum absolute atomic E-state index is 13.0. The molecule has 0 bridgehead atoms. The third-order valence-corrected chi connectivity index (χ3v) is 4.97. The van der Waals surface area contributed by atoms with Crippen LogP contribution in [0.5, 0.6) is 0 Å². The minimum absolute atomic E-state index is 0.0112. The molecule has 3 aromatic heterocycles. The summed E-state index contributed by atoms with van der Waals surface area (Å²) in [6.07, 6.45) is -0.950. The molecular weight excluding hydrogens is 408 g/mol. The van der Waals surface area contributed by atoms with Gasteiger partial charge in [-0.05, 0) is 6.07 Å². The van der Waals surface area contributed by atoms with E-state index < -0.39 is 11.9 Å². The fourth-order valence-electron chi connectivity index (χ4n) is 1.90. The van der Waals surface area contributed by atoms with Crippen molar-refractivity contribution < 1.29 is 13.2 Å². The van der Waals surface area contributed by atoms with Gasteiger partial charge in [-0.2, -0.15) is 13.2 Å². The van der Waals surface area contributed by atoms with E-state index in [-0.39, 0.29) is 21.7 Å². The lowest BCUT2D eigenvalue weighted by molar-refractivity contribution is -0.140. The molecule has 4 nitrogen and oxygen atoms in total. The molecule has 0 N–H and O–H groups in total. The zero-order valence-corrected chi connectivity index (χ0v) is 14.6. The molecule has 0 amide bonds. The summed E-state index contributed by atoms with van der Waals surface area (Å²) in [4.78, 5) is 12.0. The van der Waals surface area contributed by atoms with E-state index in [9.17, 15) is 13.2 Å². The molecule has 0 fully saturated rings. The topological polar surface area (TPSA) is 43.6 Å². The van der Waals surface area contributed by atoms with Crippen molar-refractivity contribution in [3.63, 3.8) is 0 Å². The first kappa shape index (κ1) is 17.5.